The lowest BCUT2D eigenvalue weighted by atomic mass is 10.1. The van der Waals surface area contributed by atoms with Crippen molar-refractivity contribution in [3.05, 3.63) is 82.0 Å². The fourth-order valence-corrected chi connectivity index (χ4v) is 2.61. The largest absolute Gasteiger partial charge is 0.324 e. The molecule has 1 aliphatic heterocycles. The predicted octanol–water partition coefficient (Wildman–Crippen LogP) is 3.57. The van der Waals surface area contributed by atoms with E-state index < -0.39 is 0 Å². The highest BCUT2D eigenvalue weighted by atomic mass is 79.9. The maximum absolute atomic E-state index is 12.2. The molecule has 1 N–H and O–H groups in total. The molecule has 0 aliphatic carbocycles. The minimum absolute atomic E-state index is 0.127. The summed E-state index contributed by atoms with van der Waals surface area (Å²) in [5.41, 5.74) is 3.39. The molecule has 3 rings (SSSR count). The zero-order chi connectivity index (χ0) is 14.7. The highest BCUT2D eigenvalue weighted by Gasteiger charge is 2.14. The van der Waals surface area contributed by atoms with Gasteiger partial charge in [-0.05, 0) is 39.7 Å². The van der Waals surface area contributed by atoms with Gasteiger partial charge in [0.2, 0.25) is 0 Å². The number of allylic oxidation sites excluding steroid dienone is 1. The number of halogens is 1. The van der Waals surface area contributed by atoms with Crippen LogP contribution in [0.25, 0.3) is 0 Å². The molecule has 21 heavy (non-hydrogen) atoms. The fourth-order valence-electron chi connectivity index (χ4n) is 2.14. The topological polar surface area (TPSA) is 41.5 Å². The summed E-state index contributed by atoms with van der Waals surface area (Å²) >= 11 is 3.39. The third-order valence-electron chi connectivity index (χ3n) is 3.19. The number of carbonyl (C=O) groups is 1. The Bertz CT molecular complexity index is 735. The van der Waals surface area contributed by atoms with Gasteiger partial charge >= 0.3 is 0 Å². The Morgan fingerprint density at radius 1 is 1.05 bits per heavy atom. The average Bonchev–Trinajstić information content (AvgIpc) is 2.97. The molecule has 0 spiro atoms. The number of hydrogen-bond donors (Lipinski definition) is 1. The van der Waals surface area contributed by atoms with Crippen molar-refractivity contribution < 1.29 is 4.79 Å². The molecule has 3 nitrogen and oxygen atoms in total. The molecule has 4 heteroatoms. The van der Waals surface area contributed by atoms with Gasteiger partial charge < -0.3 is 5.32 Å². The van der Waals surface area contributed by atoms with Crippen LogP contribution in [0.15, 0.2) is 75.8 Å². The first-order valence-corrected chi connectivity index (χ1v) is 7.39. The van der Waals surface area contributed by atoms with Crippen molar-refractivity contribution in [3.63, 3.8) is 0 Å². The van der Waals surface area contributed by atoms with E-state index in [2.05, 4.69) is 26.2 Å². The number of nitrogens with one attached hydrogen (secondary N) is 1. The summed E-state index contributed by atoms with van der Waals surface area (Å²) in [6, 6.07) is 17.3. The van der Waals surface area contributed by atoms with Crippen LogP contribution in [-0.2, 0) is 0 Å². The molecule has 2 aromatic rings. The van der Waals surface area contributed by atoms with Crippen molar-refractivity contribution >= 4 is 27.5 Å². The van der Waals surface area contributed by atoms with Gasteiger partial charge in [-0.2, -0.15) is 0 Å². The van der Waals surface area contributed by atoms with Crippen molar-refractivity contribution in [2.75, 3.05) is 6.54 Å². The van der Waals surface area contributed by atoms with Gasteiger partial charge in [0.25, 0.3) is 5.91 Å². The second-order valence-electron chi connectivity index (χ2n) is 4.67. The quantitative estimate of drug-likeness (QED) is 0.911. The van der Waals surface area contributed by atoms with Crippen molar-refractivity contribution in [2.24, 2.45) is 4.99 Å². The van der Waals surface area contributed by atoms with Crippen molar-refractivity contribution in [3.8, 4) is 0 Å². The summed E-state index contributed by atoms with van der Waals surface area (Å²) in [4.78, 5) is 16.7. The first kappa shape index (κ1) is 13.8. The van der Waals surface area contributed by atoms with Crippen LogP contribution in [-0.4, -0.2) is 18.2 Å². The van der Waals surface area contributed by atoms with Gasteiger partial charge in [0.05, 0.1) is 17.8 Å². The standard InChI is InChI=1S/C17H13BrN2O/c18-15-9-5-4-8-14(15)17(21)20-13-10-16(19-11-13)12-6-2-1-3-7-12/h1-10H,11H2,(H,20,21). The van der Waals surface area contributed by atoms with E-state index >= 15 is 0 Å². The first-order chi connectivity index (χ1) is 10.2. The zero-order valence-electron chi connectivity index (χ0n) is 11.2. The first-order valence-electron chi connectivity index (χ1n) is 6.60. The smallest absolute Gasteiger partial charge is 0.256 e. The fraction of sp³-hybridized carbons (Fsp3) is 0.0588. The summed E-state index contributed by atoms with van der Waals surface area (Å²) in [5, 5.41) is 2.91. The molecule has 1 aliphatic rings. The summed E-state index contributed by atoms with van der Waals surface area (Å²) in [6.07, 6.45) is 1.92. The molecule has 2 aromatic carbocycles. The second-order valence-corrected chi connectivity index (χ2v) is 5.53. The second kappa shape index (κ2) is 6.06. The van der Waals surface area contributed by atoms with E-state index in [4.69, 9.17) is 0 Å². The Morgan fingerprint density at radius 3 is 2.52 bits per heavy atom. The van der Waals surface area contributed by atoms with Gasteiger partial charge in [-0.25, -0.2) is 0 Å². The maximum Gasteiger partial charge on any atom is 0.256 e. The number of hydrogen-bond acceptors (Lipinski definition) is 2. The molecule has 0 unspecified atom stereocenters. The van der Waals surface area contributed by atoms with Crippen LogP contribution in [0.4, 0.5) is 0 Å². The van der Waals surface area contributed by atoms with Crippen LogP contribution in [0.1, 0.15) is 15.9 Å². The van der Waals surface area contributed by atoms with E-state index in [0.29, 0.717) is 12.1 Å². The highest BCUT2D eigenvalue weighted by Crippen LogP contribution is 2.17. The van der Waals surface area contributed by atoms with E-state index in [9.17, 15) is 4.79 Å². The minimum Gasteiger partial charge on any atom is -0.324 e. The van der Waals surface area contributed by atoms with E-state index in [1.807, 2.05) is 54.6 Å². The molecule has 0 fully saturated rings. The molecule has 0 bridgehead atoms. The number of nitrogens with zero attached hydrogens (tertiary/aromatic N) is 1. The molecule has 1 heterocycles. The summed E-state index contributed by atoms with van der Waals surface area (Å²) in [5.74, 6) is -0.127. The summed E-state index contributed by atoms with van der Waals surface area (Å²) < 4.78 is 0.783. The van der Waals surface area contributed by atoms with Crippen molar-refractivity contribution in [1.82, 2.24) is 5.32 Å². The molecule has 0 radical (unpaired) electrons. The van der Waals surface area contributed by atoms with E-state index in [1.165, 1.54) is 0 Å². The lowest BCUT2D eigenvalue weighted by Crippen LogP contribution is -2.23. The number of carbonyl (C=O) groups excluding carboxylic acids is 1. The van der Waals surface area contributed by atoms with Crippen molar-refractivity contribution in [1.29, 1.82) is 0 Å². The van der Waals surface area contributed by atoms with Crippen LogP contribution >= 0.6 is 15.9 Å². The van der Waals surface area contributed by atoms with Gasteiger partial charge in [-0.1, -0.05) is 42.5 Å². The normalized spacial score (nSPS) is 13.6. The Balaban J connectivity index is 1.73. The number of rotatable bonds is 3. The molecule has 0 saturated heterocycles. The molecular weight excluding hydrogens is 328 g/mol. The van der Waals surface area contributed by atoms with Gasteiger partial charge in [0.1, 0.15) is 0 Å². The van der Waals surface area contributed by atoms with Crippen molar-refractivity contribution in [2.45, 2.75) is 0 Å². The van der Waals surface area contributed by atoms with Crippen LogP contribution in [0.3, 0.4) is 0 Å². The average molecular weight is 341 g/mol. The molecule has 0 saturated carbocycles. The molecular formula is C17H13BrN2O. The van der Waals surface area contributed by atoms with Crippen LogP contribution in [0, 0.1) is 0 Å². The number of aliphatic imine (C=N–C) groups is 1. The molecule has 0 aromatic heterocycles. The Hall–Kier alpha value is -2.20. The number of benzene rings is 2. The van der Waals surface area contributed by atoms with Crippen LogP contribution in [0.5, 0.6) is 0 Å². The molecule has 0 atom stereocenters. The Kier molecular flexibility index (Phi) is 3.97. The predicted molar refractivity (Wildman–Crippen MR) is 87.5 cm³/mol. The monoisotopic (exact) mass is 340 g/mol. The lowest BCUT2D eigenvalue weighted by molar-refractivity contribution is 0.0965. The maximum atomic E-state index is 12.2. The van der Waals surface area contributed by atoms with Gasteiger partial charge in [-0.3, -0.25) is 9.79 Å². The molecule has 1 amide bonds. The highest BCUT2D eigenvalue weighted by molar-refractivity contribution is 9.10. The van der Waals surface area contributed by atoms with E-state index in [-0.39, 0.29) is 5.91 Å². The van der Waals surface area contributed by atoms with Gasteiger partial charge in [0, 0.05) is 10.2 Å². The third kappa shape index (κ3) is 3.11. The summed E-state index contributed by atoms with van der Waals surface area (Å²) in [6.45, 7) is 0.500. The Morgan fingerprint density at radius 2 is 1.76 bits per heavy atom. The minimum atomic E-state index is -0.127. The van der Waals surface area contributed by atoms with Crippen LogP contribution in [0.2, 0.25) is 0 Å². The van der Waals surface area contributed by atoms with Gasteiger partial charge in [0.15, 0.2) is 0 Å². The van der Waals surface area contributed by atoms with E-state index in [0.717, 1.165) is 21.4 Å². The third-order valence-corrected chi connectivity index (χ3v) is 3.88. The van der Waals surface area contributed by atoms with Crippen LogP contribution < -0.4 is 5.32 Å². The number of amides is 1. The van der Waals surface area contributed by atoms with Gasteiger partial charge in [-0.15, -0.1) is 0 Å². The summed E-state index contributed by atoms with van der Waals surface area (Å²) in [7, 11) is 0. The lowest BCUT2D eigenvalue weighted by Gasteiger charge is -2.06. The molecule has 104 valence electrons. The zero-order valence-corrected chi connectivity index (χ0v) is 12.8. The Labute approximate surface area is 131 Å². The van der Waals surface area contributed by atoms with E-state index in [1.54, 1.807) is 6.07 Å². The SMILES string of the molecule is O=C(NC1=CC(c2ccccc2)=NC1)c1ccccc1Br.